The number of halogens is 1. The maximum atomic E-state index is 13.8. The quantitative estimate of drug-likeness (QED) is 0.680. The van der Waals surface area contributed by atoms with Crippen molar-refractivity contribution in [2.45, 2.75) is 18.9 Å². The second kappa shape index (κ2) is 9.16. The van der Waals surface area contributed by atoms with E-state index in [1.54, 1.807) is 6.07 Å². The fourth-order valence-corrected chi connectivity index (χ4v) is 4.56. The van der Waals surface area contributed by atoms with Gasteiger partial charge in [0.2, 0.25) is 0 Å². The van der Waals surface area contributed by atoms with Crippen molar-refractivity contribution in [3.05, 3.63) is 72.0 Å². The van der Waals surface area contributed by atoms with Crippen LogP contribution in [0, 0.1) is 11.7 Å². The Balaban J connectivity index is 1.75. The summed E-state index contributed by atoms with van der Waals surface area (Å²) in [4.78, 5) is 17.7. The lowest BCUT2D eigenvalue weighted by Gasteiger charge is -2.29. The summed E-state index contributed by atoms with van der Waals surface area (Å²) in [6.07, 6.45) is 1.86. The third-order valence-corrected chi connectivity index (χ3v) is 6.38. The van der Waals surface area contributed by atoms with E-state index in [0.717, 1.165) is 34.7 Å². The first-order valence-electron chi connectivity index (χ1n) is 10.8. The average molecular weight is 421 g/mol. The van der Waals surface area contributed by atoms with Gasteiger partial charge in [-0.05, 0) is 73.0 Å². The fraction of sp³-hybridized carbons (Fsp3) is 0.346. The van der Waals surface area contributed by atoms with Gasteiger partial charge in [-0.3, -0.25) is 4.79 Å². The molecule has 1 aliphatic rings. The molecule has 31 heavy (non-hydrogen) atoms. The molecule has 5 heteroatoms. The van der Waals surface area contributed by atoms with E-state index in [2.05, 4.69) is 4.90 Å². The lowest BCUT2D eigenvalue weighted by molar-refractivity contribution is 0.0691. The number of rotatable bonds is 4. The maximum absolute atomic E-state index is 13.8. The Morgan fingerprint density at radius 3 is 2.52 bits per heavy atom. The number of nitrogens with zero attached hydrogens (tertiary/aromatic N) is 2. The molecule has 0 spiro atoms. The summed E-state index contributed by atoms with van der Waals surface area (Å²) in [5.74, 6) is -0.211. The monoisotopic (exact) mass is 420 g/mol. The third-order valence-electron chi connectivity index (χ3n) is 6.38. The summed E-state index contributed by atoms with van der Waals surface area (Å²) < 4.78 is 13.8. The van der Waals surface area contributed by atoms with Gasteiger partial charge in [-0.25, -0.2) is 4.39 Å². The first-order valence-corrected chi connectivity index (χ1v) is 10.8. The van der Waals surface area contributed by atoms with E-state index < -0.39 is 0 Å². The zero-order valence-electron chi connectivity index (χ0n) is 18.1. The van der Waals surface area contributed by atoms with E-state index in [9.17, 15) is 14.3 Å². The Hall–Kier alpha value is -2.76. The lowest BCUT2D eigenvalue weighted by Crippen LogP contribution is -2.42. The normalized spacial score (nSPS) is 19.6. The average Bonchev–Trinajstić information content (AvgIpc) is 3.01. The van der Waals surface area contributed by atoms with Crippen LogP contribution in [0.25, 0.3) is 21.9 Å². The highest BCUT2D eigenvalue weighted by atomic mass is 19.1. The van der Waals surface area contributed by atoms with Crippen LogP contribution in [0.3, 0.4) is 0 Å². The van der Waals surface area contributed by atoms with Crippen molar-refractivity contribution < 1.29 is 14.3 Å². The summed E-state index contributed by atoms with van der Waals surface area (Å²) in [5.41, 5.74) is 2.34. The maximum Gasteiger partial charge on any atom is 0.254 e. The minimum absolute atomic E-state index is 0.0193. The number of likely N-dealkylation sites (N-methyl/N-ethyl adjacent to an activating group) is 1. The van der Waals surface area contributed by atoms with Crippen LogP contribution in [0.5, 0.6) is 0 Å². The molecule has 0 bridgehead atoms. The summed E-state index contributed by atoms with van der Waals surface area (Å²) in [5, 5.41) is 11.6. The van der Waals surface area contributed by atoms with E-state index in [1.807, 2.05) is 61.5 Å². The zero-order valence-corrected chi connectivity index (χ0v) is 18.1. The van der Waals surface area contributed by atoms with Crippen LogP contribution in [0.15, 0.2) is 60.7 Å². The third kappa shape index (κ3) is 4.48. The van der Waals surface area contributed by atoms with Crippen molar-refractivity contribution in [1.82, 2.24) is 9.80 Å². The SMILES string of the molecule is CN(C)[C@@H]1CC[C@H](CO)CN(C(=O)c2cccc3c(-c4cccc(F)c4)cccc23)C1. The molecule has 2 atom stereocenters. The standard InChI is InChI=1S/C26H29FN2O2/c1-28(2)21-13-12-18(17-30)15-29(16-21)26(31)25-11-5-9-23-22(8-4-10-24(23)25)19-6-3-7-20(27)14-19/h3-11,14,18,21,30H,12-13,15-17H2,1-2H3/t18-,21+/m0/s1. The molecular formula is C26H29FN2O2. The van der Waals surface area contributed by atoms with Crippen molar-refractivity contribution in [3.63, 3.8) is 0 Å². The molecule has 0 saturated carbocycles. The number of benzene rings is 3. The smallest absolute Gasteiger partial charge is 0.254 e. The lowest BCUT2D eigenvalue weighted by atomic mass is 9.95. The summed E-state index contributed by atoms with van der Waals surface area (Å²) >= 11 is 0. The Morgan fingerprint density at radius 2 is 1.77 bits per heavy atom. The van der Waals surface area contributed by atoms with Crippen LogP contribution in [-0.2, 0) is 0 Å². The van der Waals surface area contributed by atoms with Crippen molar-refractivity contribution in [3.8, 4) is 11.1 Å². The zero-order chi connectivity index (χ0) is 22.0. The van der Waals surface area contributed by atoms with Crippen molar-refractivity contribution in [1.29, 1.82) is 0 Å². The molecule has 1 saturated heterocycles. The Morgan fingerprint density at radius 1 is 1.03 bits per heavy atom. The number of aliphatic hydroxyl groups is 1. The molecule has 4 nitrogen and oxygen atoms in total. The molecule has 3 aromatic carbocycles. The molecule has 0 aromatic heterocycles. The van der Waals surface area contributed by atoms with Gasteiger partial charge in [0.1, 0.15) is 5.82 Å². The Bertz CT molecular complexity index is 1080. The largest absolute Gasteiger partial charge is 0.396 e. The molecule has 0 unspecified atom stereocenters. The van der Waals surface area contributed by atoms with Crippen molar-refractivity contribution in [2.75, 3.05) is 33.8 Å². The van der Waals surface area contributed by atoms with Gasteiger partial charge in [0.05, 0.1) is 0 Å². The van der Waals surface area contributed by atoms with Crippen LogP contribution in [0.1, 0.15) is 23.2 Å². The van der Waals surface area contributed by atoms with E-state index >= 15 is 0 Å². The molecule has 1 N–H and O–H groups in total. The number of hydrogen-bond donors (Lipinski definition) is 1. The first-order chi connectivity index (χ1) is 15.0. The van der Waals surface area contributed by atoms with E-state index in [0.29, 0.717) is 18.7 Å². The number of carbonyl (C=O) groups is 1. The first kappa shape index (κ1) is 21.5. The highest BCUT2D eigenvalue weighted by molar-refractivity contribution is 6.10. The van der Waals surface area contributed by atoms with E-state index in [-0.39, 0.29) is 30.3 Å². The van der Waals surface area contributed by atoms with Crippen LogP contribution in [-0.4, -0.2) is 60.6 Å². The highest BCUT2D eigenvalue weighted by Crippen LogP contribution is 2.32. The molecule has 3 aromatic rings. The van der Waals surface area contributed by atoms with Gasteiger partial charge >= 0.3 is 0 Å². The topological polar surface area (TPSA) is 43.8 Å². The second-order valence-corrected chi connectivity index (χ2v) is 8.67. The molecule has 1 amide bonds. The number of fused-ring (bicyclic) bond motifs is 1. The van der Waals surface area contributed by atoms with Crippen LogP contribution >= 0.6 is 0 Å². The predicted octanol–water partition coefficient (Wildman–Crippen LogP) is 4.42. The number of likely N-dealkylation sites (tertiary alicyclic amines) is 1. The number of aliphatic hydroxyl groups excluding tert-OH is 1. The summed E-state index contributed by atoms with van der Waals surface area (Å²) in [7, 11) is 4.07. The van der Waals surface area contributed by atoms with Gasteiger partial charge < -0.3 is 14.9 Å². The number of carbonyl (C=O) groups excluding carboxylic acids is 1. The van der Waals surface area contributed by atoms with Gasteiger partial charge in [0.25, 0.3) is 5.91 Å². The Kier molecular flexibility index (Phi) is 6.35. The van der Waals surface area contributed by atoms with Crippen LogP contribution in [0.4, 0.5) is 4.39 Å². The predicted molar refractivity (Wildman–Crippen MR) is 123 cm³/mol. The van der Waals surface area contributed by atoms with Crippen molar-refractivity contribution in [2.24, 2.45) is 5.92 Å². The molecular weight excluding hydrogens is 391 g/mol. The molecule has 162 valence electrons. The summed E-state index contributed by atoms with van der Waals surface area (Å²) in [6, 6.07) is 18.4. The highest BCUT2D eigenvalue weighted by Gasteiger charge is 2.29. The molecule has 1 aliphatic heterocycles. The fourth-order valence-electron chi connectivity index (χ4n) is 4.56. The van der Waals surface area contributed by atoms with Gasteiger partial charge in [-0.2, -0.15) is 0 Å². The molecule has 1 heterocycles. The minimum Gasteiger partial charge on any atom is -0.396 e. The van der Waals surface area contributed by atoms with Crippen LogP contribution in [0.2, 0.25) is 0 Å². The molecule has 0 radical (unpaired) electrons. The molecule has 1 fully saturated rings. The molecule has 4 rings (SSSR count). The van der Waals surface area contributed by atoms with Gasteiger partial charge in [0.15, 0.2) is 0 Å². The van der Waals surface area contributed by atoms with Gasteiger partial charge in [-0.1, -0.05) is 42.5 Å². The van der Waals surface area contributed by atoms with Gasteiger partial charge in [-0.15, -0.1) is 0 Å². The second-order valence-electron chi connectivity index (χ2n) is 8.67. The van der Waals surface area contributed by atoms with Crippen molar-refractivity contribution >= 4 is 16.7 Å². The number of amides is 1. The minimum atomic E-state index is -0.281. The van der Waals surface area contributed by atoms with Gasteiger partial charge in [0, 0.05) is 31.3 Å². The molecule has 0 aliphatic carbocycles. The van der Waals surface area contributed by atoms with E-state index in [4.69, 9.17) is 0 Å². The number of hydrogen-bond acceptors (Lipinski definition) is 3. The van der Waals surface area contributed by atoms with Crippen LogP contribution < -0.4 is 0 Å². The summed E-state index contributed by atoms with van der Waals surface area (Å²) in [6.45, 7) is 1.28. The van der Waals surface area contributed by atoms with E-state index in [1.165, 1.54) is 12.1 Å². The Labute approximate surface area is 182 Å².